The molecular formula is C16H12N2O4. The van der Waals surface area contributed by atoms with E-state index in [1.807, 2.05) is 18.2 Å². The molecule has 0 saturated carbocycles. The van der Waals surface area contributed by atoms with E-state index < -0.39 is 23.1 Å². The van der Waals surface area contributed by atoms with Crippen molar-refractivity contribution in [3.05, 3.63) is 80.9 Å². The Morgan fingerprint density at radius 2 is 1.73 bits per heavy atom. The van der Waals surface area contributed by atoms with E-state index in [0.29, 0.717) is 10.9 Å². The molecule has 0 aliphatic carbocycles. The van der Waals surface area contributed by atoms with Gasteiger partial charge in [0.1, 0.15) is 0 Å². The fraction of sp³-hybridized carbons (Fsp3) is 0.0625. The summed E-state index contributed by atoms with van der Waals surface area (Å²) in [6.07, 6.45) is 0. The molecule has 2 aromatic carbocycles. The lowest BCUT2D eigenvalue weighted by molar-refractivity contribution is -0.139. The summed E-state index contributed by atoms with van der Waals surface area (Å²) in [5.74, 6) is -1.22. The second-order valence-corrected chi connectivity index (χ2v) is 4.83. The molecule has 0 aliphatic heterocycles. The maximum absolute atomic E-state index is 12.0. The van der Waals surface area contributed by atoms with E-state index >= 15 is 0 Å². The Hall–Kier alpha value is -3.15. The number of hydrogen-bond donors (Lipinski definition) is 2. The lowest BCUT2D eigenvalue weighted by Crippen LogP contribution is -2.35. The van der Waals surface area contributed by atoms with Crippen molar-refractivity contribution in [2.45, 2.75) is 6.04 Å². The number of nitrogens with one attached hydrogen (secondary N) is 1. The lowest BCUT2D eigenvalue weighted by atomic mass is 9.99. The minimum Gasteiger partial charge on any atom is -0.479 e. The van der Waals surface area contributed by atoms with E-state index in [2.05, 4.69) is 5.10 Å². The number of rotatable bonds is 3. The molecule has 3 aromatic rings. The van der Waals surface area contributed by atoms with Crippen LogP contribution in [-0.2, 0) is 4.79 Å². The molecule has 2 N–H and O–H groups in total. The van der Waals surface area contributed by atoms with Crippen molar-refractivity contribution in [2.24, 2.45) is 0 Å². The van der Waals surface area contributed by atoms with Crippen molar-refractivity contribution >= 4 is 16.7 Å². The molecule has 110 valence electrons. The van der Waals surface area contributed by atoms with Crippen LogP contribution in [-0.4, -0.2) is 20.9 Å². The Morgan fingerprint density at radius 1 is 1.00 bits per heavy atom. The molecular weight excluding hydrogens is 284 g/mol. The Bertz CT molecular complexity index is 966. The van der Waals surface area contributed by atoms with Crippen LogP contribution in [0.4, 0.5) is 0 Å². The monoisotopic (exact) mass is 296 g/mol. The fourth-order valence-electron chi connectivity index (χ4n) is 2.50. The highest BCUT2D eigenvalue weighted by molar-refractivity contribution is 5.90. The summed E-state index contributed by atoms with van der Waals surface area (Å²) in [6.45, 7) is 0. The predicted octanol–water partition coefficient (Wildman–Crippen LogP) is 1.36. The minimum atomic E-state index is -1.30. The number of hydrogen-bond acceptors (Lipinski definition) is 3. The van der Waals surface area contributed by atoms with E-state index in [4.69, 9.17) is 0 Å². The van der Waals surface area contributed by atoms with E-state index in [-0.39, 0.29) is 0 Å². The zero-order valence-electron chi connectivity index (χ0n) is 11.4. The SMILES string of the molecule is O=C(O)C(c1cccc2ccccc12)n1[nH]c(=O)ccc1=O. The van der Waals surface area contributed by atoms with Gasteiger partial charge < -0.3 is 5.11 Å². The molecule has 0 fully saturated rings. The minimum absolute atomic E-state index is 0.439. The first-order valence-corrected chi connectivity index (χ1v) is 6.60. The maximum Gasteiger partial charge on any atom is 0.333 e. The molecule has 6 heteroatoms. The topological polar surface area (TPSA) is 92.2 Å². The van der Waals surface area contributed by atoms with Gasteiger partial charge in [-0.15, -0.1) is 0 Å². The molecule has 0 spiro atoms. The summed E-state index contributed by atoms with van der Waals surface area (Å²) < 4.78 is 0.840. The Balaban J connectivity index is 2.32. The smallest absolute Gasteiger partial charge is 0.333 e. The van der Waals surface area contributed by atoms with Crippen molar-refractivity contribution in [2.75, 3.05) is 0 Å². The van der Waals surface area contributed by atoms with Gasteiger partial charge in [-0.05, 0) is 16.3 Å². The molecule has 0 amide bonds. The number of fused-ring (bicyclic) bond motifs is 1. The van der Waals surface area contributed by atoms with Crippen molar-refractivity contribution in [1.29, 1.82) is 0 Å². The van der Waals surface area contributed by atoms with Crippen LogP contribution < -0.4 is 11.1 Å². The van der Waals surface area contributed by atoms with Crippen LogP contribution in [0.2, 0.25) is 0 Å². The zero-order valence-corrected chi connectivity index (χ0v) is 11.4. The Labute approximate surface area is 124 Å². The van der Waals surface area contributed by atoms with Crippen molar-refractivity contribution in [1.82, 2.24) is 9.78 Å². The first-order chi connectivity index (χ1) is 10.6. The van der Waals surface area contributed by atoms with Gasteiger partial charge in [0.25, 0.3) is 11.1 Å². The second kappa shape index (κ2) is 5.33. The third-order valence-electron chi connectivity index (χ3n) is 3.46. The molecule has 1 unspecified atom stereocenters. The molecule has 0 saturated heterocycles. The summed E-state index contributed by atoms with van der Waals surface area (Å²) in [5, 5.41) is 13.4. The number of aromatic nitrogens is 2. The summed E-state index contributed by atoms with van der Waals surface area (Å²) in [5.41, 5.74) is -0.680. The van der Waals surface area contributed by atoms with Gasteiger partial charge in [-0.2, -0.15) is 0 Å². The van der Waals surface area contributed by atoms with Crippen LogP contribution in [0.25, 0.3) is 10.8 Å². The molecule has 22 heavy (non-hydrogen) atoms. The molecule has 0 radical (unpaired) electrons. The van der Waals surface area contributed by atoms with E-state index in [0.717, 1.165) is 22.2 Å². The highest BCUT2D eigenvalue weighted by Crippen LogP contribution is 2.25. The average molecular weight is 296 g/mol. The van der Waals surface area contributed by atoms with Crippen LogP contribution in [0.1, 0.15) is 11.6 Å². The highest BCUT2D eigenvalue weighted by Gasteiger charge is 2.25. The number of carboxylic acids is 1. The summed E-state index contributed by atoms with van der Waals surface area (Å²) in [7, 11) is 0. The standard InChI is InChI=1S/C16H12N2O4/c19-13-8-9-14(20)18(17-13)15(16(21)22)12-7-3-5-10-4-1-2-6-11(10)12/h1-9,15H,(H,17,19)(H,21,22). The van der Waals surface area contributed by atoms with Crippen LogP contribution in [0.3, 0.4) is 0 Å². The van der Waals surface area contributed by atoms with Gasteiger partial charge in [0.05, 0.1) is 0 Å². The van der Waals surface area contributed by atoms with E-state index in [9.17, 15) is 19.5 Å². The van der Waals surface area contributed by atoms with Gasteiger partial charge in [0, 0.05) is 12.1 Å². The number of carbonyl (C=O) groups is 1. The number of aliphatic carboxylic acids is 1. The number of aromatic amines is 1. The second-order valence-electron chi connectivity index (χ2n) is 4.83. The van der Waals surface area contributed by atoms with Gasteiger partial charge in [-0.25, -0.2) is 9.48 Å². The average Bonchev–Trinajstić information content (AvgIpc) is 2.51. The first kappa shape index (κ1) is 13.8. The van der Waals surface area contributed by atoms with Gasteiger partial charge in [-0.1, -0.05) is 42.5 Å². The third kappa shape index (κ3) is 2.31. The molecule has 3 rings (SSSR count). The normalized spacial score (nSPS) is 12.2. The number of benzene rings is 2. The first-order valence-electron chi connectivity index (χ1n) is 6.60. The Morgan fingerprint density at radius 3 is 2.50 bits per heavy atom. The number of nitrogens with zero attached hydrogens (tertiary/aromatic N) is 1. The van der Waals surface area contributed by atoms with Crippen LogP contribution in [0.15, 0.2) is 64.2 Å². The summed E-state index contributed by atoms with van der Waals surface area (Å²) in [4.78, 5) is 35.1. The van der Waals surface area contributed by atoms with E-state index in [1.165, 1.54) is 0 Å². The number of H-pyrrole nitrogens is 1. The summed E-state index contributed by atoms with van der Waals surface area (Å²) in [6, 6.07) is 13.3. The zero-order chi connectivity index (χ0) is 15.7. The summed E-state index contributed by atoms with van der Waals surface area (Å²) >= 11 is 0. The van der Waals surface area contributed by atoms with Gasteiger partial charge >= 0.3 is 5.97 Å². The molecule has 0 bridgehead atoms. The molecule has 0 aliphatic rings. The quantitative estimate of drug-likeness (QED) is 0.763. The molecule has 6 nitrogen and oxygen atoms in total. The predicted molar refractivity (Wildman–Crippen MR) is 81.0 cm³/mol. The van der Waals surface area contributed by atoms with Gasteiger partial charge in [0.15, 0.2) is 6.04 Å². The maximum atomic E-state index is 12.0. The molecule has 1 atom stereocenters. The molecule has 1 heterocycles. The highest BCUT2D eigenvalue weighted by atomic mass is 16.4. The van der Waals surface area contributed by atoms with Crippen molar-refractivity contribution in [3.63, 3.8) is 0 Å². The van der Waals surface area contributed by atoms with Crippen LogP contribution >= 0.6 is 0 Å². The third-order valence-corrected chi connectivity index (χ3v) is 3.46. The van der Waals surface area contributed by atoms with Crippen LogP contribution in [0, 0.1) is 0 Å². The largest absolute Gasteiger partial charge is 0.479 e. The van der Waals surface area contributed by atoms with Gasteiger partial charge in [0.2, 0.25) is 0 Å². The fourth-order valence-corrected chi connectivity index (χ4v) is 2.50. The van der Waals surface area contributed by atoms with Gasteiger partial charge in [-0.3, -0.25) is 14.7 Å². The molecule has 1 aromatic heterocycles. The lowest BCUT2D eigenvalue weighted by Gasteiger charge is -2.17. The number of carboxylic acid groups (broad SMARTS) is 1. The van der Waals surface area contributed by atoms with Crippen LogP contribution in [0.5, 0.6) is 0 Å². The van der Waals surface area contributed by atoms with Crippen molar-refractivity contribution in [3.8, 4) is 0 Å². The van der Waals surface area contributed by atoms with E-state index in [1.54, 1.807) is 24.3 Å². The Kier molecular flexibility index (Phi) is 3.34. The van der Waals surface area contributed by atoms with Crippen molar-refractivity contribution < 1.29 is 9.90 Å².